The first-order valence-corrected chi connectivity index (χ1v) is 6.59. The number of fused-ring (bicyclic) bond motifs is 1. The van der Waals surface area contributed by atoms with Crippen molar-refractivity contribution in [3.63, 3.8) is 0 Å². The molecular formula is C17H22O3. The fraction of sp³-hybridized carbons (Fsp3) is 0.353. The maximum atomic E-state index is 10.7. The van der Waals surface area contributed by atoms with Crippen molar-refractivity contribution in [2.45, 2.75) is 39.7 Å². The van der Waals surface area contributed by atoms with Gasteiger partial charge in [0.05, 0.1) is 12.0 Å². The van der Waals surface area contributed by atoms with Crippen molar-refractivity contribution < 1.29 is 15.0 Å². The lowest BCUT2D eigenvalue weighted by molar-refractivity contribution is -0.136. The van der Waals surface area contributed by atoms with E-state index in [1.54, 1.807) is 20.8 Å². The van der Waals surface area contributed by atoms with Crippen molar-refractivity contribution in [2.24, 2.45) is 0 Å². The van der Waals surface area contributed by atoms with Crippen LogP contribution < -0.4 is 0 Å². The lowest BCUT2D eigenvalue weighted by Gasteiger charge is -2.05. The quantitative estimate of drug-likeness (QED) is 0.880. The van der Waals surface area contributed by atoms with Crippen LogP contribution in [0.5, 0.6) is 0 Å². The third kappa shape index (κ3) is 5.85. The van der Waals surface area contributed by atoms with Crippen LogP contribution in [-0.2, 0) is 11.2 Å². The average Bonchev–Trinajstić information content (AvgIpc) is 2.27. The maximum absolute atomic E-state index is 10.7. The summed E-state index contributed by atoms with van der Waals surface area (Å²) in [4.78, 5) is 10.7. The van der Waals surface area contributed by atoms with Gasteiger partial charge in [-0.1, -0.05) is 36.4 Å². The van der Waals surface area contributed by atoms with Gasteiger partial charge >= 0.3 is 5.97 Å². The average molecular weight is 274 g/mol. The molecule has 0 spiro atoms. The number of aliphatic carboxylic acids is 1. The van der Waals surface area contributed by atoms with Gasteiger partial charge in [-0.25, -0.2) is 0 Å². The van der Waals surface area contributed by atoms with Crippen LogP contribution in [0.3, 0.4) is 0 Å². The van der Waals surface area contributed by atoms with E-state index in [1.807, 2.05) is 43.3 Å². The van der Waals surface area contributed by atoms with Gasteiger partial charge in [0.25, 0.3) is 0 Å². The zero-order valence-electron chi connectivity index (χ0n) is 12.5. The summed E-state index contributed by atoms with van der Waals surface area (Å²) in [6.07, 6.45) is 0.0939. The second-order valence-corrected chi connectivity index (χ2v) is 5.87. The summed E-state index contributed by atoms with van der Waals surface area (Å²) < 4.78 is 0. The molecule has 2 rings (SSSR count). The highest BCUT2D eigenvalue weighted by molar-refractivity contribution is 5.85. The van der Waals surface area contributed by atoms with Crippen LogP contribution in [0.4, 0.5) is 0 Å². The SMILES string of the molecule is CC(C)(C)O.Cc1cc2ccccc2cc1CC(=O)O. The van der Waals surface area contributed by atoms with Crippen LogP contribution >= 0.6 is 0 Å². The second-order valence-electron chi connectivity index (χ2n) is 5.87. The van der Waals surface area contributed by atoms with Crippen molar-refractivity contribution >= 4 is 16.7 Å². The molecule has 0 heterocycles. The lowest BCUT2D eigenvalue weighted by atomic mass is 10.00. The molecule has 3 nitrogen and oxygen atoms in total. The van der Waals surface area contributed by atoms with Crippen LogP contribution in [0.2, 0.25) is 0 Å². The minimum atomic E-state index is -0.784. The fourth-order valence-corrected chi connectivity index (χ4v) is 1.75. The molecule has 0 atom stereocenters. The number of carboxylic acid groups (broad SMARTS) is 1. The third-order valence-corrected chi connectivity index (χ3v) is 2.55. The van der Waals surface area contributed by atoms with Crippen molar-refractivity contribution in [1.29, 1.82) is 0 Å². The molecule has 0 saturated heterocycles. The predicted molar refractivity (Wildman–Crippen MR) is 82.0 cm³/mol. The number of aryl methyl sites for hydroxylation is 1. The third-order valence-electron chi connectivity index (χ3n) is 2.55. The summed E-state index contributed by atoms with van der Waals surface area (Å²) >= 11 is 0. The Morgan fingerprint density at radius 2 is 1.55 bits per heavy atom. The Hall–Kier alpha value is -1.87. The van der Waals surface area contributed by atoms with E-state index in [1.165, 1.54) is 0 Å². The van der Waals surface area contributed by atoms with E-state index in [4.69, 9.17) is 10.2 Å². The van der Waals surface area contributed by atoms with Gasteiger partial charge in [0.1, 0.15) is 0 Å². The van der Waals surface area contributed by atoms with Gasteiger partial charge in [0.15, 0.2) is 0 Å². The highest BCUT2D eigenvalue weighted by atomic mass is 16.4. The number of carboxylic acids is 1. The normalized spacial score (nSPS) is 10.8. The number of hydrogen-bond acceptors (Lipinski definition) is 2. The van der Waals surface area contributed by atoms with Crippen LogP contribution in [0, 0.1) is 6.92 Å². The van der Waals surface area contributed by atoms with E-state index in [2.05, 4.69) is 0 Å². The molecular weight excluding hydrogens is 252 g/mol. The summed E-state index contributed by atoms with van der Waals surface area (Å²) in [6.45, 7) is 7.18. The Morgan fingerprint density at radius 1 is 1.10 bits per heavy atom. The molecule has 0 aromatic heterocycles. The van der Waals surface area contributed by atoms with Crippen molar-refractivity contribution in [1.82, 2.24) is 0 Å². The minimum Gasteiger partial charge on any atom is -0.481 e. The van der Waals surface area contributed by atoms with Crippen molar-refractivity contribution in [3.05, 3.63) is 47.5 Å². The van der Waals surface area contributed by atoms with Gasteiger partial charge in [-0.05, 0) is 49.6 Å². The number of hydrogen-bond donors (Lipinski definition) is 2. The highest BCUT2D eigenvalue weighted by Gasteiger charge is 2.05. The lowest BCUT2D eigenvalue weighted by Crippen LogP contribution is -2.10. The van der Waals surface area contributed by atoms with Gasteiger partial charge in [-0.3, -0.25) is 4.79 Å². The number of benzene rings is 2. The van der Waals surface area contributed by atoms with Crippen LogP contribution in [0.1, 0.15) is 31.9 Å². The molecule has 2 N–H and O–H groups in total. The number of aliphatic hydroxyl groups is 1. The van der Waals surface area contributed by atoms with E-state index in [0.29, 0.717) is 0 Å². The van der Waals surface area contributed by atoms with E-state index in [-0.39, 0.29) is 6.42 Å². The molecule has 0 bridgehead atoms. The van der Waals surface area contributed by atoms with E-state index in [9.17, 15) is 4.79 Å². The number of rotatable bonds is 2. The summed E-state index contributed by atoms with van der Waals surface area (Å²) in [7, 11) is 0. The van der Waals surface area contributed by atoms with E-state index < -0.39 is 11.6 Å². The molecule has 2 aromatic rings. The van der Waals surface area contributed by atoms with Crippen molar-refractivity contribution in [2.75, 3.05) is 0 Å². The molecule has 3 heteroatoms. The first-order valence-electron chi connectivity index (χ1n) is 6.59. The van der Waals surface area contributed by atoms with Gasteiger partial charge in [0.2, 0.25) is 0 Å². The summed E-state index contributed by atoms with van der Waals surface area (Å²) in [5.74, 6) is -0.784. The smallest absolute Gasteiger partial charge is 0.307 e. The van der Waals surface area contributed by atoms with Gasteiger partial charge in [0, 0.05) is 0 Å². The van der Waals surface area contributed by atoms with E-state index >= 15 is 0 Å². The second kappa shape index (κ2) is 6.53. The van der Waals surface area contributed by atoms with Gasteiger partial charge < -0.3 is 10.2 Å². The molecule has 0 aliphatic carbocycles. The molecule has 20 heavy (non-hydrogen) atoms. The Kier molecular flexibility index (Phi) is 5.28. The molecule has 0 amide bonds. The predicted octanol–water partition coefficient (Wildman–Crippen LogP) is 3.55. The molecule has 0 radical (unpaired) electrons. The van der Waals surface area contributed by atoms with Crippen LogP contribution in [0.15, 0.2) is 36.4 Å². The number of carbonyl (C=O) groups is 1. The molecule has 2 aromatic carbocycles. The Morgan fingerprint density at radius 3 is 2.00 bits per heavy atom. The topological polar surface area (TPSA) is 57.5 Å². The molecule has 108 valence electrons. The van der Waals surface area contributed by atoms with E-state index in [0.717, 1.165) is 21.9 Å². The molecule has 0 unspecified atom stereocenters. The zero-order valence-corrected chi connectivity index (χ0v) is 12.5. The monoisotopic (exact) mass is 274 g/mol. The van der Waals surface area contributed by atoms with Gasteiger partial charge in [-0.2, -0.15) is 0 Å². The molecule has 0 saturated carbocycles. The molecule has 0 aliphatic rings. The Bertz CT molecular complexity index is 589. The first kappa shape index (κ1) is 16.2. The summed E-state index contributed by atoms with van der Waals surface area (Å²) in [5.41, 5.74) is 1.43. The summed E-state index contributed by atoms with van der Waals surface area (Å²) in [5, 5.41) is 19.5. The summed E-state index contributed by atoms with van der Waals surface area (Å²) in [6, 6.07) is 12.0. The van der Waals surface area contributed by atoms with Crippen LogP contribution in [0.25, 0.3) is 10.8 Å². The highest BCUT2D eigenvalue weighted by Crippen LogP contribution is 2.19. The Labute approximate surface area is 119 Å². The van der Waals surface area contributed by atoms with Crippen LogP contribution in [-0.4, -0.2) is 21.8 Å². The maximum Gasteiger partial charge on any atom is 0.307 e. The molecule has 0 aliphatic heterocycles. The largest absolute Gasteiger partial charge is 0.481 e. The molecule has 0 fully saturated rings. The fourth-order valence-electron chi connectivity index (χ4n) is 1.75. The minimum absolute atomic E-state index is 0.0939. The standard InChI is InChI=1S/C13H12O2.C4H10O/c1-9-6-10-4-2-3-5-11(10)7-12(9)8-13(14)15;1-4(2,3)5/h2-7H,8H2,1H3,(H,14,15);5H,1-3H3. The first-order chi connectivity index (χ1) is 9.16. The van der Waals surface area contributed by atoms with Crippen molar-refractivity contribution in [3.8, 4) is 0 Å². The zero-order chi connectivity index (χ0) is 15.3. The van der Waals surface area contributed by atoms with Gasteiger partial charge in [-0.15, -0.1) is 0 Å². The Balaban J connectivity index is 0.000000347.